The van der Waals surface area contributed by atoms with Gasteiger partial charge in [0.05, 0.1) is 26.4 Å². The topological polar surface area (TPSA) is 91.3 Å². The molecule has 0 radical (unpaired) electrons. The monoisotopic (exact) mass is 400 g/mol. The van der Waals surface area contributed by atoms with E-state index in [1.54, 1.807) is 7.11 Å². The number of hydrogen-bond donors (Lipinski definition) is 1. The molecule has 1 aliphatic rings. The summed E-state index contributed by atoms with van der Waals surface area (Å²) in [5, 5.41) is 21.2. The van der Waals surface area contributed by atoms with Crippen LogP contribution in [0.2, 0.25) is 0 Å². The molecule has 2 aromatic rings. The summed E-state index contributed by atoms with van der Waals surface area (Å²) in [6.07, 6.45) is -0.667. The predicted octanol–water partition coefficient (Wildman–Crippen LogP) is 2.04. The quantitative estimate of drug-likeness (QED) is 0.682. The standard InChI is InChI=1S/C22H27NO6/c1-27-18-4-2-5-19(14-18)29-13-3-12-28-17-8-6-16(7-9-17)20-10-11-23(22(25)26)15-21(20)24/h2,4-9,14,20-21,24H,3,10-13,15H2,1H3,(H,25,26)/p-1. The third kappa shape index (κ3) is 5.77. The van der Waals surface area contributed by atoms with Crippen molar-refractivity contribution in [3.05, 3.63) is 54.1 Å². The average molecular weight is 400 g/mol. The minimum atomic E-state index is -1.23. The number of carbonyl (C=O) groups is 1. The molecule has 0 saturated carbocycles. The van der Waals surface area contributed by atoms with E-state index in [0.29, 0.717) is 26.2 Å². The second-order valence-corrected chi connectivity index (χ2v) is 6.97. The number of rotatable bonds is 8. The Morgan fingerprint density at radius 3 is 2.45 bits per heavy atom. The fraction of sp³-hybridized carbons (Fsp3) is 0.409. The van der Waals surface area contributed by atoms with E-state index in [0.717, 1.165) is 34.1 Å². The van der Waals surface area contributed by atoms with Crippen molar-refractivity contribution in [2.24, 2.45) is 0 Å². The maximum Gasteiger partial charge on any atom is 0.137 e. The van der Waals surface area contributed by atoms with Crippen molar-refractivity contribution in [1.82, 2.24) is 4.90 Å². The van der Waals surface area contributed by atoms with Crippen LogP contribution >= 0.6 is 0 Å². The maximum atomic E-state index is 10.9. The van der Waals surface area contributed by atoms with Gasteiger partial charge in [-0.3, -0.25) is 0 Å². The molecule has 2 aromatic carbocycles. The Labute approximate surface area is 170 Å². The molecule has 2 atom stereocenters. The average Bonchev–Trinajstić information content (AvgIpc) is 2.74. The largest absolute Gasteiger partial charge is 0.530 e. The van der Waals surface area contributed by atoms with Crippen molar-refractivity contribution in [2.75, 3.05) is 33.4 Å². The molecule has 0 aliphatic carbocycles. The number of likely N-dealkylation sites (tertiary alicyclic amines) is 1. The Bertz CT molecular complexity index is 794. The van der Waals surface area contributed by atoms with Gasteiger partial charge >= 0.3 is 0 Å². The van der Waals surface area contributed by atoms with Crippen LogP contribution in [0.1, 0.15) is 24.3 Å². The number of carbonyl (C=O) groups excluding carboxylic acids is 1. The van der Waals surface area contributed by atoms with Crippen LogP contribution in [0.25, 0.3) is 0 Å². The Morgan fingerprint density at radius 2 is 1.79 bits per heavy atom. The molecule has 0 bridgehead atoms. The number of hydrogen-bond acceptors (Lipinski definition) is 6. The van der Waals surface area contributed by atoms with Gasteiger partial charge < -0.3 is 34.1 Å². The third-order valence-electron chi connectivity index (χ3n) is 5.02. The van der Waals surface area contributed by atoms with Gasteiger partial charge in [0, 0.05) is 31.5 Å². The number of β-amino-alcohol motifs (C(OH)–C–C–N with tert-alkyl or cyclic N) is 1. The highest BCUT2D eigenvalue weighted by Crippen LogP contribution is 2.29. The van der Waals surface area contributed by atoms with E-state index in [1.165, 1.54) is 0 Å². The van der Waals surface area contributed by atoms with Gasteiger partial charge in [-0.15, -0.1) is 0 Å². The first-order valence-electron chi connectivity index (χ1n) is 9.70. The number of nitrogens with zero attached hydrogens (tertiary/aromatic N) is 1. The van der Waals surface area contributed by atoms with Crippen LogP contribution in [0, 0.1) is 0 Å². The normalized spacial score (nSPS) is 18.9. The van der Waals surface area contributed by atoms with E-state index in [4.69, 9.17) is 14.2 Å². The number of aliphatic hydroxyl groups is 1. The van der Waals surface area contributed by atoms with Crippen molar-refractivity contribution in [3.63, 3.8) is 0 Å². The lowest BCUT2D eigenvalue weighted by atomic mass is 9.87. The van der Waals surface area contributed by atoms with Gasteiger partial charge in [0.2, 0.25) is 0 Å². The first kappa shape index (κ1) is 20.8. The number of piperidine rings is 1. The van der Waals surface area contributed by atoms with Crippen LogP contribution in [0.4, 0.5) is 4.79 Å². The molecule has 3 rings (SSSR count). The summed E-state index contributed by atoms with van der Waals surface area (Å²) in [6.45, 7) is 1.51. The van der Waals surface area contributed by atoms with E-state index in [-0.39, 0.29) is 12.5 Å². The second-order valence-electron chi connectivity index (χ2n) is 6.97. The maximum absolute atomic E-state index is 10.9. The van der Waals surface area contributed by atoms with Crippen LogP contribution < -0.4 is 19.3 Å². The van der Waals surface area contributed by atoms with Gasteiger partial charge in [0.1, 0.15) is 23.3 Å². The zero-order valence-electron chi connectivity index (χ0n) is 16.5. The zero-order chi connectivity index (χ0) is 20.6. The van der Waals surface area contributed by atoms with Gasteiger partial charge in [-0.1, -0.05) is 18.2 Å². The number of carboxylic acid groups (broad SMARTS) is 1. The van der Waals surface area contributed by atoms with Crippen LogP contribution in [-0.2, 0) is 0 Å². The summed E-state index contributed by atoms with van der Waals surface area (Å²) in [5.74, 6) is 2.18. The van der Waals surface area contributed by atoms with Crippen LogP contribution in [-0.4, -0.2) is 55.6 Å². The SMILES string of the molecule is COc1cccc(OCCCOc2ccc(C3CCN(C(=O)[O-])CC3O)cc2)c1. The lowest BCUT2D eigenvalue weighted by Crippen LogP contribution is -2.50. The molecule has 7 heteroatoms. The van der Waals surface area contributed by atoms with Crippen molar-refractivity contribution in [3.8, 4) is 17.2 Å². The van der Waals surface area contributed by atoms with Crippen molar-refractivity contribution >= 4 is 6.09 Å². The van der Waals surface area contributed by atoms with Gasteiger partial charge in [0.15, 0.2) is 0 Å². The van der Waals surface area contributed by atoms with Crippen LogP contribution in [0.3, 0.4) is 0 Å². The van der Waals surface area contributed by atoms with Crippen molar-refractivity contribution < 1.29 is 29.2 Å². The Morgan fingerprint density at radius 1 is 1.10 bits per heavy atom. The zero-order valence-corrected chi connectivity index (χ0v) is 16.5. The molecule has 1 heterocycles. The summed E-state index contributed by atoms with van der Waals surface area (Å²) in [7, 11) is 1.62. The number of amides is 1. The molecule has 0 aromatic heterocycles. The minimum Gasteiger partial charge on any atom is -0.530 e. The van der Waals surface area contributed by atoms with Crippen molar-refractivity contribution in [2.45, 2.75) is 24.9 Å². The molecular weight excluding hydrogens is 374 g/mol. The second kappa shape index (κ2) is 10.0. The molecule has 29 heavy (non-hydrogen) atoms. The highest BCUT2D eigenvalue weighted by Gasteiger charge is 2.28. The van der Waals surface area contributed by atoms with E-state index < -0.39 is 12.2 Å². The van der Waals surface area contributed by atoms with E-state index >= 15 is 0 Å². The predicted molar refractivity (Wildman–Crippen MR) is 105 cm³/mol. The molecule has 1 aliphatic heterocycles. The summed E-state index contributed by atoms with van der Waals surface area (Å²) < 4.78 is 16.6. The Balaban J connectivity index is 1.41. The highest BCUT2D eigenvalue weighted by molar-refractivity contribution is 5.62. The van der Waals surface area contributed by atoms with E-state index in [1.807, 2.05) is 48.5 Å². The molecule has 156 valence electrons. The fourth-order valence-electron chi connectivity index (χ4n) is 3.43. The lowest BCUT2D eigenvalue weighted by molar-refractivity contribution is -0.268. The van der Waals surface area contributed by atoms with E-state index in [9.17, 15) is 15.0 Å². The van der Waals surface area contributed by atoms with Crippen LogP contribution in [0.15, 0.2) is 48.5 Å². The summed E-state index contributed by atoms with van der Waals surface area (Å²) >= 11 is 0. The number of benzene rings is 2. The lowest BCUT2D eigenvalue weighted by Gasteiger charge is -2.37. The molecule has 1 saturated heterocycles. The number of methoxy groups -OCH3 is 1. The Kier molecular flexibility index (Phi) is 7.19. The first-order valence-corrected chi connectivity index (χ1v) is 9.70. The van der Waals surface area contributed by atoms with Gasteiger partial charge in [-0.05, 0) is 36.2 Å². The van der Waals surface area contributed by atoms with Crippen molar-refractivity contribution in [1.29, 1.82) is 0 Å². The van der Waals surface area contributed by atoms with E-state index in [2.05, 4.69) is 0 Å². The first-order chi connectivity index (χ1) is 14.1. The molecule has 0 spiro atoms. The highest BCUT2D eigenvalue weighted by atomic mass is 16.5. The molecule has 1 fully saturated rings. The molecule has 1 N–H and O–H groups in total. The summed E-state index contributed by atoms with van der Waals surface area (Å²) in [4.78, 5) is 12.1. The smallest absolute Gasteiger partial charge is 0.137 e. The fourth-order valence-corrected chi connectivity index (χ4v) is 3.43. The van der Waals surface area contributed by atoms with Gasteiger partial charge in [0.25, 0.3) is 0 Å². The summed E-state index contributed by atoms with van der Waals surface area (Å²) in [5.41, 5.74) is 0.976. The molecular formula is C22H26NO6-. The number of ether oxygens (including phenoxy) is 3. The number of aliphatic hydroxyl groups excluding tert-OH is 1. The molecule has 2 unspecified atom stereocenters. The molecule has 7 nitrogen and oxygen atoms in total. The van der Waals surface area contributed by atoms with Crippen LogP contribution in [0.5, 0.6) is 17.2 Å². The van der Waals surface area contributed by atoms with Gasteiger partial charge in [-0.2, -0.15) is 0 Å². The third-order valence-corrected chi connectivity index (χ3v) is 5.02. The summed E-state index contributed by atoms with van der Waals surface area (Å²) in [6, 6.07) is 15.1. The molecule has 1 amide bonds. The minimum absolute atomic E-state index is 0.0819. The van der Waals surface area contributed by atoms with Gasteiger partial charge in [-0.25, -0.2) is 0 Å². The Hall–Kier alpha value is -2.93.